The zero-order valence-electron chi connectivity index (χ0n) is 10.4. The van der Waals surface area contributed by atoms with Crippen molar-refractivity contribution in [2.45, 2.75) is 17.7 Å². The molecule has 2 rings (SSSR count). The second-order valence-corrected chi connectivity index (χ2v) is 6.95. The maximum atomic E-state index is 12.7. The normalized spacial score (nSPS) is 11.5. The van der Waals surface area contributed by atoms with E-state index < -0.39 is 10.0 Å². The molecule has 0 atom stereocenters. The topological polar surface area (TPSA) is 37.4 Å². The third-order valence-electron chi connectivity index (χ3n) is 2.73. The van der Waals surface area contributed by atoms with E-state index in [0.717, 1.165) is 0 Å². The Morgan fingerprint density at radius 3 is 2.47 bits per heavy atom. The molecule has 0 unspecified atom stereocenters. The van der Waals surface area contributed by atoms with Crippen molar-refractivity contribution in [1.29, 1.82) is 0 Å². The van der Waals surface area contributed by atoms with Gasteiger partial charge in [0.2, 0.25) is 0 Å². The summed E-state index contributed by atoms with van der Waals surface area (Å²) < 4.78 is 26.8. The summed E-state index contributed by atoms with van der Waals surface area (Å²) in [5.41, 5.74) is 0.664. The molecule has 0 spiro atoms. The van der Waals surface area contributed by atoms with Crippen molar-refractivity contribution in [2.24, 2.45) is 0 Å². The Kier molecular flexibility index (Phi) is 4.50. The maximum absolute atomic E-state index is 12.7. The highest BCUT2D eigenvalue weighted by Gasteiger charge is 2.26. The molecule has 0 amide bonds. The number of sulfonamides is 1. The van der Waals surface area contributed by atoms with Crippen LogP contribution in [0, 0.1) is 0 Å². The average Bonchev–Trinajstić information content (AvgIpc) is 2.89. The van der Waals surface area contributed by atoms with E-state index >= 15 is 0 Å². The highest BCUT2D eigenvalue weighted by Crippen LogP contribution is 2.29. The second-order valence-electron chi connectivity index (χ2n) is 3.85. The Bertz CT molecular complexity index is 638. The summed E-state index contributed by atoms with van der Waals surface area (Å²) >= 11 is 7.16. The molecule has 2 aromatic rings. The second kappa shape index (κ2) is 5.94. The molecule has 0 fully saturated rings. The van der Waals surface area contributed by atoms with Gasteiger partial charge in [-0.25, -0.2) is 8.42 Å². The predicted molar refractivity (Wildman–Crippen MR) is 80.5 cm³/mol. The van der Waals surface area contributed by atoms with E-state index in [-0.39, 0.29) is 5.88 Å². The van der Waals surface area contributed by atoms with Gasteiger partial charge in [-0.15, -0.1) is 22.9 Å². The van der Waals surface area contributed by atoms with Crippen LogP contribution in [-0.2, 0) is 15.9 Å². The van der Waals surface area contributed by atoms with Crippen molar-refractivity contribution in [3.05, 3.63) is 46.7 Å². The molecule has 0 aliphatic rings. The summed E-state index contributed by atoms with van der Waals surface area (Å²) in [6, 6.07) is 10.7. The fraction of sp³-hybridized carbons (Fsp3) is 0.231. The van der Waals surface area contributed by atoms with Crippen LogP contribution in [0.25, 0.3) is 0 Å². The number of thiophene rings is 1. The van der Waals surface area contributed by atoms with Crippen LogP contribution in [0.1, 0.15) is 11.8 Å². The van der Waals surface area contributed by atoms with Crippen LogP contribution in [0.5, 0.6) is 0 Å². The number of para-hydroxylation sites is 1. The van der Waals surface area contributed by atoms with Gasteiger partial charge in [-0.2, -0.15) is 0 Å². The lowest BCUT2D eigenvalue weighted by molar-refractivity contribution is 0.591. The fourth-order valence-corrected chi connectivity index (χ4v) is 5.01. The summed E-state index contributed by atoms with van der Waals surface area (Å²) in [5, 5.41) is 1.75. The van der Waals surface area contributed by atoms with Gasteiger partial charge in [-0.05, 0) is 30.5 Å². The zero-order chi connectivity index (χ0) is 13.9. The summed E-state index contributed by atoms with van der Waals surface area (Å²) in [6.45, 7) is 2.20. The third kappa shape index (κ3) is 2.78. The number of nitrogens with zero attached hydrogens (tertiary/aromatic N) is 1. The van der Waals surface area contributed by atoms with E-state index in [2.05, 4.69) is 0 Å². The van der Waals surface area contributed by atoms with Crippen molar-refractivity contribution < 1.29 is 8.42 Å². The first-order chi connectivity index (χ1) is 9.11. The predicted octanol–water partition coefficient (Wildman–Crippen LogP) is 3.70. The van der Waals surface area contributed by atoms with Crippen LogP contribution in [0.3, 0.4) is 0 Å². The standard InChI is InChI=1S/C13H14ClNO2S2/c1-2-15(11-6-4-3-5-7-11)19(16,17)13-8-9-18-12(13)10-14/h3-9H,2,10H2,1H3. The van der Waals surface area contributed by atoms with Gasteiger partial charge in [-0.3, -0.25) is 4.31 Å². The molecule has 102 valence electrons. The first-order valence-electron chi connectivity index (χ1n) is 5.81. The molecule has 3 nitrogen and oxygen atoms in total. The number of rotatable bonds is 5. The molecule has 0 bridgehead atoms. The van der Waals surface area contributed by atoms with Crippen LogP contribution in [0.4, 0.5) is 5.69 Å². The van der Waals surface area contributed by atoms with Gasteiger partial charge >= 0.3 is 0 Å². The van der Waals surface area contributed by atoms with Crippen molar-refractivity contribution >= 4 is 38.6 Å². The monoisotopic (exact) mass is 315 g/mol. The molecule has 19 heavy (non-hydrogen) atoms. The molecule has 6 heteroatoms. The Labute approximate surface area is 122 Å². The molecule has 0 N–H and O–H groups in total. The summed E-state index contributed by atoms with van der Waals surface area (Å²) in [5.74, 6) is 0.207. The first kappa shape index (κ1) is 14.4. The van der Waals surface area contributed by atoms with Crippen LogP contribution >= 0.6 is 22.9 Å². The number of hydrogen-bond donors (Lipinski definition) is 0. The quantitative estimate of drug-likeness (QED) is 0.789. The number of alkyl halides is 1. The van der Waals surface area contributed by atoms with Crippen LogP contribution in [0.2, 0.25) is 0 Å². The Hall–Kier alpha value is -1.04. The Balaban J connectivity index is 2.49. The first-order valence-corrected chi connectivity index (χ1v) is 8.66. The van der Waals surface area contributed by atoms with Gasteiger partial charge in [0.05, 0.1) is 11.6 Å². The van der Waals surface area contributed by atoms with Gasteiger partial charge in [0, 0.05) is 11.4 Å². The average molecular weight is 316 g/mol. The van der Waals surface area contributed by atoms with Gasteiger partial charge in [0.1, 0.15) is 4.90 Å². The lowest BCUT2D eigenvalue weighted by Crippen LogP contribution is -2.30. The SMILES string of the molecule is CCN(c1ccccc1)S(=O)(=O)c1ccsc1CCl. The van der Waals surface area contributed by atoms with Crippen LogP contribution in [0.15, 0.2) is 46.7 Å². The van der Waals surface area contributed by atoms with Crippen molar-refractivity contribution in [2.75, 3.05) is 10.8 Å². The highest BCUT2D eigenvalue weighted by molar-refractivity contribution is 7.93. The summed E-state index contributed by atoms with van der Waals surface area (Å²) in [4.78, 5) is 0.981. The minimum atomic E-state index is -3.54. The third-order valence-corrected chi connectivity index (χ3v) is 6.19. The molecule has 1 aromatic heterocycles. The van der Waals surface area contributed by atoms with E-state index in [4.69, 9.17) is 11.6 Å². The zero-order valence-corrected chi connectivity index (χ0v) is 12.8. The minimum Gasteiger partial charge on any atom is -0.267 e. The summed E-state index contributed by atoms with van der Waals surface area (Å²) in [6.07, 6.45) is 0. The number of anilines is 1. The van der Waals surface area contributed by atoms with E-state index in [9.17, 15) is 8.42 Å². The molecule has 0 aliphatic heterocycles. The number of halogens is 1. The van der Waals surface area contributed by atoms with Crippen LogP contribution in [-0.4, -0.2) is 15.0 Å². The molecule has 1 aromatic carbocycles. The Morgan fingerprint density at radius 1 is 1.21 bits per heavy atom. The molecule has 0 radical (unpaired) electrons. The van der Waals surface area contributed by atoms with Gasteiger partial charge < -0.3 is 0 Å². The van der Waals surface area contributed by atoms with E-state index in [1.165, 1.54) is 15.6 Å². The van der Waals surface area contributed by atoms with E-state index in [1.54, 1.807) is 23.6 Å². The molecule has 0 aliphatic carbocycles. The fourth-order valence-electron chi connectivity index (χ4n) is 1.86. The lowest BCUT2D eigenvalue weighted by Gasteiger charge is -2.22. The number of benzene rings is 1. The lowest BCUT2D eigenvalue weighted by atomic mass is 10.3. The van der Waals surface area contributed by atoms with Gasteiger partial charge in [0.15, 0.2) is 0 Å². The minimum absolute atomic E-state index is 0.207. The molecular formula is C13H14ClNO2S2. The molecule has 0 saturated heterocycles. The number of hydrogen-bond acceptors (Lipinski definition) is 3. The summed E-state index contributed by atoms with van der Waals surface area (Å²) in [7, 11) is -3.54. The van der Waals surface area contributed by atoms with E-state index in [1.807, 2.05) is 25.1 Å². The molecule has 1 heterocycles. The van der Waals surface area contributed by atoms with Gasteiger partial charge in [0.25, 0.3) is 10.0 Å². The van der Waals surface area contributed by atoms with Gasteiger partial charge in [-0.1, -0.05) is 18.2 Å². The Morgan fingerprint density at radius 2 is 1.89 bits per heavy atom. The molecule has 0 saturated carbocycles. The van der Waals surface area contributed by atoms with Crippen molar-refractivity contribution in [1.82, 2.24) is 0 Å². The van der Waals surface area contributed by atoms with Crippen molar-refractivity contribution in [3.63, 3.8) is 0 Å². The van der Waals surface area contributed by atoms with Crippen LogP contribution < -0.4 is 4.31 Å². The van der Waals surface area contributed by atoms with Crippen molar-refractivity contribution in [3.8, 4) is 0 Å². The smallest absolute Gasteiger partial charge is 0.265 e. The molecular weight excluding hydrogens is 302 g/mol. The highest BCUT2D eigenvalue weighted by atomic mass is 35.5. The maximum Gasteiger partial charge on any atom is 0.265 e. The largest absolute Gasteiger partial charge is 0.267 e. The van der Waals surface area contributed by atoms with E-state index in [0.29, 0.717) is 22.0 Å².